The van der Waals surface area contributed by atoms with Gasteiger partial charge in [-0.15, -0.1) is 11.8 Å². The van der Waals surface area contributed by atoms with Crippen LogP contribution in [0.4, 0.5) is 9.52 Å². The van der Waals surface area contributed by atoms with Crippen molar-refractivity contribution in [1.82, 2.24) is 4.98 Å². The van der Waals surface area contributed by atoms with E-state index in [9.17, 15) is 9.18 Å². The quantitative estimate of drug-likeness (QED) is 0.383. The van der Waals surface area contributed by atoms with E-state index < -0.39 is 0 Å². The van der Waals surface area contributed by atoms with E-state index in [1.165, 1.54) is 35.2 Å². The predicted octanol–water partition coefficient (Wildman–Crippen LogP) is 5.66. The molecule has 0 aliphatic heterocycles. The fourth-order valence-corrected chi connectivity index (χ4v) is 4.60. The number of amides is 1. The van der Waals surface area contributed by atoms with Gasteiger partial charge < -0.3 is 4.42 Å². The number of anilines is 1. The van der Waals surface area contributed by atoms with Crippen molar-refractivity contribution in [1.29, 1.82) is 0 Å². The van der Waals surface area contributed by atoms with Crippen molar-refractivity contribution in [2.75, 3.05) is 10.7 Å². The van der Waals surface area contributed by atoms with Crippen LogP contribution in [0.3, 0.4) is 0 Å². The van der Waals surface area contributed by atoms with Crippen LogP contribution in [0.15, 0.2) is 70.2 Å². The number of thiazole rings is 1. The number of thioether (sulfide) groups is 1. The largest absolute Gasteiger partial charge is 0.467 e. The second-order valence-electron chi connectivity index (χ2n) is 6.22. The Kier molecular flexibility index (Phi) is 5.45. The number of hydrogen-bond donors (Lipinski definition) is 0. The number of nitrogens with zero attached hydrogens (tertiary/aromatic N) is 2. The summed E-state index contributed by atoms with van der Waals surface area (Å²) in [6.07, 6.45) is 1.59. The number of carbonyl (C=O) groups is 1. The molecule has 4 rings (SSSR count). The Hall–Kier alpha value is -2.64. The summed E-state index contributed by atoms with van der Waals surface area (Å²) in [4.78, 5) is 20.2. The van der Waals surface area contributed by atoms with Crippen LogP contribution < -0.4 is 4.90 Å². The van der Waals surface area contributed by atoms with E-state index in [1.54, 1.807) is 29.4 Å². The van der Waals surface area contributed by atoms with Gasteiger partial charge in [0.2, 0.25) is 5.91 Å². The summed E-state index contributed by atoms with van der Waals surface area (Å²) in [7, 11) is 0. The molecule has 2 aromatic heterocycles. The minimum absolute atomic E-state index is 0.0811. The standard InChI is InChI=1S/C21H17FN2O2S2/c1-14-4-2-6-18-20(14)23-21(28-18)24(12-16-5-3-11-26-16)19(25)13-27-17-9-7-15(22)8-10-17/h2-11H,12-13H2,1H3. The molecule has 0 aliphatic rings. The molecule has 0 atom stereocenters. The molecule has 0 aliphatic carbocycles. The van der Waals surface area contributed by atoms with Crippen molar-refractivity contribution in [2.24, 2.45) is 0 Å². The molecule has 4 nitrogen and oxygen atoms in total. The number of furan rings is 1. The zero-order valence-corrected chi connectivity index (χ0v) is 16.7. The lowest BCUT2D eigenvalue weighted by molar-refractivity contribution is -0.116. The van der Waals surface area contributed by atoms with Crippen LogP contribution in [0.25, 0.3) is 10.2 Å². The first-order valence-corrected chi connectivity index (χ1v) is 10.5. The highest BCUT2D eigenvalue weighted by Crippen LogP contribution is 2.32. The van der Waals surface area contributed by atoms with E-state index in [-0.39, 0.29) is 17.5 Å². The predicted molar refractivity (Wildman–Crippen MR) is 111 cm³/mol. The average Bonchev–Trinajstić information content (AvgIpc) is 3.35. The summed E-state index contributed by atoms with van der Waals surface area (Å²) in [5.41, 5.74) is 1.98. The minimum Gasteiger partial charge on any atom is -0.467 e. The van der Waals surface area contributed by atoms with Gasteiger partial charge in [0.05, 0.1) is 28.8 Å². The van der Waals surface area contributed by atoms with Crippen LogP contribution in [0.5, 0.6) is 0 Å². The van der Waals surface area contributed by atoms with Gasteiger partial charge in [-0.3, -0.25) is 9.69 Å². The van der Waals surface area contributed by atoms with E-state index in [4.69, 9.17) is 9.40 Å². The molecule has 2 aromatic carbocycles. The Bertz CT molecular complexity index is 1090. The highest BCUT2D eigenvalue weighted by molar-refractivity contribution is 8.00. The van der Waals surface area contributed by atoms with Crippen LogP contribution in [0.1, 0.15) is 11.3 Å². The molecule has 142 valence electrons. The molecule has 7 heteroatoms. The van der Waals surface area contributed by atoms with E-state index in [1.807, 2.05) is 31.2 Å². The lowest BCUT2D eigenvalue weighted by Gasteiger charge is -2.18. The van der Waals surface area contributed by atoms with E-state index in [2.05, 4.69) is 0 Å². The van der Waals surface area contributed by atoms with Crippen molar-refractivity contribution >= 4 is 44.4 Å². The van der Waals surface area contributed by atoms with Gasteiger partial charge in [0.15, 0.2) is 5.13 Å². The molecule has 0 saturated heterocycles. The first kappa shape index (κ1) is 18.7. The third-order valence-corrected chi connectivity index (χ3v) is 6.25. The second kappa shape index (κ2) is 8.16. The fraction of sp³-hybridized carbons (Fsp3) is 0.143. The van der Waals surface area contributed by atoms with Gasteiger partial charge in [0.25, 0.3) is 0 Å². The van der Waals surface area contributed by atoms with Crippen LogP contribution in [0, 0.1) is 12.7 Å². The molecular formula is C21H17FN2O2S2. The number of fused-ring (bicyclic) bond motifs is 1. The van der Waals surface area contributed by atoms with Crippen molar-refractivity contribution in [3.63, 3.8) is 0 Å². The highest BCUT2D eigenvalue weighted by atomic mass is 32.2. The molecule has 0 N–H and O–H groups in total. The van der Waals surface area contributed by atoms with Gasteiger partial charge in [0.1, 0.15) is 11.6 Å². The van der Waals surface area contributed by atoms with Crippen molar-refractivity contribution in [3.05, 3.63) is 78.0 Å². The molecule has 0 fully saturated rings. The number of hydrogen-bond acceptors (Lipinski definition) is 5. The normalized spacial score (nSPS) is 11.1. The molecular weight excluding hydrogens is 395 g/mol. The molecule has 28 heavy (non-hydrogen) atoms. The Labute approximate surface area is 170 Å². The van der Waals surface area contributed by atoms with Crippen LogP contribution in [-0.4, -0.2) is 16.6 Å². The third-order valence-electron chi connectivity index (χ3n) is 4.21. The van der Waals surface area contributed by atoms with Crippen molar-refractivity contribution in [2.45, 2.75) is 18.4 Å². The van der Waals surface area contributed by atoms with Gasteiger partial charge in [0, 0.05) is 4.90 Å². The van der Waals surface area contributed by atoms with Crippen LogP contribution in [0.2, 0.25) is 0 Å². The molecule has 0 radical (unpaired) electrons. The van der Waals surface area contributed by atoms with Gasteiger partial charge in [-0.25, -0.2) is 9.37 Å². The number of aromatic nitrogens is 1. The molecule has 2 heterocycles. The van der Waals surface area contributed by atoms with Gasteiger partial charge >= 0.3 is 0 Å². The number of aryl methyl sites for hydroxylation is 1. The van der Waals surface area contributed by atoms with Gasteiger partial charge in [-0.1, -0.05) is 23.5 Å². The molecule has 4 aromatic rings. The Morgan fingerprint density at radius 2 is 2.00 bits per heavy atom. The zero-order chi connectivity index (χ0) is 19.5. The maximum absolute atomic E-state index is 13.1. The number of halogens is 1. The Morgan fingerprint density at radius 1 is 1.18 bits per heavy atom. The summed E-state index contributed by atoms with van der Waals surface area (Å²) in [6.45, 7) is 2.32. The maximum atomic E-state index is 13.1. The topological polar surface area (TPSA) is 46.3 Å². The highest BCUT2D eigenvalue weighted by Gasteiger charge is 2.22. The third kappa shape index (κ3) is 4.10. The number of benzene rings is 2. The lowest BCUT2D eigenvalue weighted by atomic mass is 10.2. The molecule has 0 saturated carbocycles. The van der Waals surface area contributed by atoms with E-state index >= 15 is 0 Å². The average molecular weight is 413 g/mol. The smallest absolute Gasteiger partial charge is 0.239 e. The Morgan fingerprint density at radius 3 is 2.71 bits per heavy atom. The summed E-state index contributed by atoms with van der Waals surface area (Å²) in [6, 6.07) is 15.8. The maximum Gasteiger partial charge on any atom is 0.239 e. The van der Waals surface area contributed by atoms with E-state index in [0.717, 1.165) is 20.7 Å². The summed E-state index contributed by atoms with van der Waals surface area (Å²) < 4.78 is 19.6. The van der Waals surface area contributed by atoms with Crippen molar-refractivity contribution < 1.29 is 13.6 Å². The molecule has 0 bridgehead atoms. The van der Waals surface area contributed by atoms with Gasteiger partial charge in [-0.05, 0) is 55.0 Å². The fourth-order valence-electron chi connectivity index (χ4n) is 2.76. The van der Waals surface area contributed by atoms with Crippen LogP contribution in [-0.2, 0) is 11.3 Å². The molecule has 1 amide bonds. The second-order valence-corrected chi connectivity index (χ2v) is 8.28. The Balaban J connectivity index is 1.59. The van der Waals surface area contributed by atoms with Crippen molar-refractivity contribution in [3.8, 4) is 0 Å². The zero-order valence-electron chi connectivity index (χ0n) is 15.1. The summed E-state index contributed by atoms with van der Waals surface area (Å²) >= 11 is 2.86. The number of rotatable bonds is 6. The van der Waals surface area contributed by atoms with E-state index in [0.29, 0.717) is 17.4 Å². The summed E-state index contributed by atoms with van der Waals surface area (Å²) in [5.74, 6) is 0.542. The molecule has 0 spiro atoms. The van der Waals surface area contributed by atoms with Crippen LogP contribution >= 0.6 is 23.1 Å². The monoisotopic (exact) mass is 412 g/mol. The first-order valence-electron chi connectivity index (χ1n) is 8.67. The lowest BCUT2D eigenvalue weighted by Crippen LogP contribution is -2.31. The first-order chi connectivity index (χ1) is 13.6. The summed E-state index contributed by atoms with van der Waals surface area (Å²) in [5, 5.41) is 0.644. The van der Waals surface area contributed by atoms with Gasteiger partial charge in [-0.2, -0.15) is 0 Å². The SMILES string of the molecule is Cc1cccc2sc(N(Cc3ccco3)C(=O)CSc3ccc(F)cc3)nc12. The minimum atomic E-state index is -0.292. The number of para-hydroxylation sites is 1. The number of carbonyl (C=O) groups excluding carboxylic acids is 1. The molecule has 0 unspecified atom stereocenters.